The monoisotopic (exact) mass is 251 g/mol. The van der Waals surface area contributed by atoms with E-state index in [0.717, 1.165) is 0 Å². The second kappa shape index (κ2) is 8.57. The number of rotatable bonds is 0. The van der Waals surface area contributed by atoms with Crippen molar-refractivity contribution in [3.05, 3.63) is 0 Å². The molecule has 0 aliphatic heterocycles. The summed E-state index contributed by atoms with van der Waals surface area (Å²) in [5.41, 5.74) is 0. The Hall–Kier alpha value is 1.57. The van der Waals surface area contributed by atoms with Crippen molar-refractivity contribution in [3.63, 3.8) is 0 Å². The first kappa shape index (κ1) is 22.7. The average molecular weight is 254 g/mol. The van der Waals surface area contributed by atoms with E-state index in [1.54, 1.807) is 0 Å². The fourth-order valence-corrected chi connectivity index (χ4v) is 0. The maximum atomic E-state index is 8.55. The molecule has 0 bridgehead atoms. The van der Waals surface area contributed by atoms with Gasteiger partial charge in [0.15, 0.2) is 0 Å². The molecule has 0 atom stereocenters. The summed E-state index contributed by atoms with van der Waals surface area (Å²) in [6.07, 6.45) is 0. The second-order valence-electron chi connectivity index (χ2n) is 0.447. The van der Waals surface area contributed by atoms with E-state index in [0.29, 0.717) is 0 Å². The van der Waals surface area contributed by atoms with Gasteiger partial charge in [-0.15, -0.1) is 0 Å². The third-order valence-electron chi connectivity index (χ3n) is 0. The Morgan fingerprint density at radius 3 is 1.00 bits per heavy atom. The van der Waals surface area contributed by atoms with Gasteiger partial charge in [-0.2, -0.15) is 7.82 Å². The van der Waals surface area contributed by atoms with Crippen LogP contribution < -0.4 is 14.7 Å². The molecule has 0 heterocycles. The molecule has 0 radical (unpaired) electrons. The second-order valence-corrected chi connectivity index (χ2v) is 1.34. The number of hydrogen-bond acceptors (Lipinski definition) is 4. The van der Waals surface area contributed by atoms with Gasteiger partial charge in [0, 0.05) is 0 Å². The van der Waals surface area contributed by atoms with Crippen molar-refractivity contribution in [2.24, 2.45) is 0 Å². The van der Waals surface area contributed by atoms with Gasteiger partial charge < -0.3 is 19.2 Å². The van der Waals surface area contributed by atoms with Crippen molar-refractivity contribution in [1.29, 1.82) is 0 Å². The van der Waals surface area contributed by atoms with E-state index in [9.17, 15) is 0 Å². The average Bonchev–Trinajstić information content (AvgIpc) is 0.722. The molecular formula is O4PSiZn2+5. The zero-order chi connectivity index (χ0) is 4.50. The first-order chi connectivity index (χ1) is 2.00. The summed E-state index contributed by atoms with van der Waals surface area (Å²) in [4.78, 5) is 25.6. The van der Waals surface area contributed by atoms with Gasteiger partial charge in [-0.1, -0.05) is 0 Å². The van der Waals surface area contributed by atoms with Crippen LogP contribution >= 0.6 is 7.82 Å². The molecule has 0 amide bonds. The van der Waals surface area contributed by atoms with E-state index in [4.69, 9.17) is 19.2 Å². The molecule has 0 N–H and O–H groups in total. The van der Waals surface area contributed by atoms with Crippen LogP contribution in [-0.2, 0) is 43.5 Å². The van der Waals surface area contributed by atoms with E-state index >= 15 is 0 Å². The first-order valence-electron chi connectivity index (χ1n) is 0.730. The summed E-state index contributed by atoms with van der Waals surface area (Å²) in [6, 6.07) is 0. The van der Waals surface area contributed by atoms with Gasteiger partial charge in [0.1, 0.15) is 0 Å². The molecule has 0 aliphatic rings. The van der Waals surface area contributed by atoms with Crippen LogP contribution in [0.25, 0.3) is 0 Å². The number of phosphoric acid groups is 1. The summed E-state index contributed by atoms with van der Waals surface area (Å²) in [5.74, 6) is 0. The topological polar surface area (TPSA) is 86.2 Å². The molecule has 0 saturated carbocycles. The minimum atomic E-state index is -5.39. The van der Waals surface area contributed by atoms with Crippen LogP contribution in [0.2, 0.25) is 0 Å². The molecule has 0 aromatic carbocycles. The van der Waals surface area contributed by atoms with E-state index in [1.807, 2.05) is 0 Å². The van der Waals surface area contributed by atoms with Gasteiger partial charge in [0.25, 0.3) is 0 Å². The summed E-state index contributed by atoms with van der Waals surface area (Å²) >= 11 is 0. The van der Waals surface area contributed by atoms with Crippen molar-refractivity contribution >= 4 is 18.8 Å². The Kier molecular flexibility index (Phi) is 24.3. The van der Waals surface area contributed by atoms with Crippen molar-refractivity contribution in [1.82, 2.24) is 0 Å². The molecule has 4 nitrogen and oxygen atoms in total. The summed E-state index contributed by atoms with van der Waals surface area (Å²) in [7, 11) is -5.39. The Labute approximate surface area is 76.8 Å². The molecule has 0 saturated heterocycles. The van der Waals surface area contributed by atoms with Crippen LogP contribution in [0.4, 0.5) is 0 Å². The third kappa shape index (κ3) is 132. The molecule has 0 spiro atoms. The van der Waals surface area contributed by atoms with Crippen LogP contribution in [0.15, 0.2) is 0 Å². The van der Waals surface area contributed by atoms with Gasteiger partial charge in [0.05, 0.1) is 0 Å². The standard InChI is InChI=1S/H3O4P.Si.2Zn/c1-5(2,3)4;;;/h(H3,1,2,3,4);;;/q;+4;2*+2/p-3. The zero-order valence-electron chi connectivity index (χ0n) is 3.99. The maximum absolute atomic E-state index is 8.55. The SMILES string of the molecule is O=P([O-])([O-])[O-].[Si+4].[Zn+2].[Zn+2]. The molecule has 0 aliphatic carbocycles. The Morgan fingerprint density at radius 1 is 1.00 bits per heavy atom. The van der Waals surface area contributed by atoms with Gasteiger partial charge >= 0.3 is 49.9 Å². The van der Waals surface area contributed by atoms with E-state index < -0.39 is 7.82 Å². The predicted molar refractivity (Wildman–Crippen MR) is 13.4 cm³/mol. The van der Waals surface area contributed by atoms with Gasteiger partial charge in [-0.05, 0) is 0 Å². The molecule has 0 fully saturated rings. The van der Waals surface area contributed by atoms with Crippen LogP contribution in [0.1, 0.15) is 0 Å². The summed E-state index contributed by atoms with van der Waals surface area (Å²) < 4.78 is 8.55. The fraction of sp³-hybridized carbons (Fsp3) is 0. The van der Waals surface area contributed by atoms with Crippen LogP contribution in [0.3, 0.4) is 0 Å². The van der Waals surface area contributed by atoms with Gasteiger partial charge in [-0.25, -0.2) is 0 Å². The fourth-order valence-electron chi connectivity index (χ4n) is 0. The maximum Gasteiger partial charge on any atom is 4.00 e. The molecule has 0 rings (SSSR count). The van der Waals surface area contributed by atoms with Crippen LogP contribution in [0, 0.1) is 0 Å². The minimum absolute atomic E-state index is 0. The molecule has 0 aromatic heterocycles. The number of hydrogen-bond donors (Lipinski definition) is 0. The Balaban J connectivity index is -0.0000000267. The summed E-state index contributed by atoms with van der Waals surface area (Å²) in [5, 5.41) is 0. The van der Waals surface area contributed by atoms with Crippen molar-refractivity contribution in [2.45, 2.75) is 0 Å². The Bertz CT molecular complexity index is 60.2. The van der Waals surface area contributed by atoms with E-state index in [2.05, 4.69) is 0 Å². The van der Waals surface area contributed by atoms with Crippen LogP contribution in [-0.4, -0.2) is 11.0 Å². The van der Waals surface area contributed by atoms with Gasteiger partial charge in [0.2, 0.25) is 0 Å². The summed E-state index contributed by atoms with van der Waals surface area (Å²) in [6.45, 7) is 0. The quantitative estimate of drug-likeness (QED) is 0.336. The predicted octanol–water partition coefficient (Wildman–Crippen LogP) is -3.21. The molecule has 32 valence electrons. The van der Waals surface area contributed by atoms with Crippen molar-refractivity contribution in [3.8, 4) is 0 Å². The molecule has 0 unspecified atom stereocenters. The first-order valence-corrected chi connectivity index (χ1v) is 2.19. The van der Waals surface area contributed by atoms with Crippen LogP contribution in [0.5, 0.6) is 0 Å². The Morgan fingerprint density at radius 2 is 1.00 bits per heavy atom. The smallest absolute Gasteiger partial charge is 0.822 e. The molecule has 0 aromatic rings. The van der Waals surface area contributed by atoms with E-state index in [-0.39, 0.29) is 49.9 Å². The molecule has 8 heteroatoms. The minimum Gasteiger partial charge on any atom is -0.822 e. The third-order valence-corrected chi connectivity index (χ3v) is 0. The van der Waals surface area contributed by atoms with Crippen molar-refractivity contribution < 1.29 is 58.2 Å². The molecular weight excluding hydrogens is 254 g/mol. The van der Waals surface area contributed by atoms with Gasteiger partial charge in [-0.3, -0.25) is 0 Å². The van der Waals surface area contributed by atoms with Crippen molar-refractivity contribution in [2.75, 3.05) is 0 Å². The molecule has 8 heavy (non-hydrogen) atoms. The van der Waals surface area contributed by atoms with E-state index in [1.165, 1.54) is 0 Å². The zero-order valence-corrected chi connectivity index (χ0v) is 11.8. The largest absolute Gasteiger partial charge is 4.00 e. The normalized spacial score (nSPS) is 7.38.